The van der Waals surface area contributed by atoms with Crippen LogP contribution in [0.4, 0.5) is 0 Å². The van der Waals surface area contributed by atoms with E-state index in [1.165, 1.54) is 36.8 Å². The summed E-state index contributed by atoms with van der Waals surface area (Å²) in [4.78, 5) is 0. The van der Waals surface area contributed by atoms with Crippen LogP contribution in [0.5, 0.6) is 0 Å². The maximum Gasteiger partial charge on any atom is 0.0834 e. The second kappa shape index (κ2) is 5.85. The Hall–Kier alpha value is -0.860. The molecule has 2 atom stereocenters. The van der Waals surface area contributed by atoms with Crippen LogP contribution in [0.1, 0.15) is 61.9 Å². The Labute approximate surface area is 109 Å². The van der Waals surface area contributed by atoms with Gasteiger partial charge in [0.15, 0.2) is 0 Å². The molecule has 2 aliphatic heterocycles. The van der Waals surface area contributed by atoms with Crippen molar-refractivity contribution in [3.05, 3.63) is 35.4 Å². The smallest absolute Gasteiger partial charge is 0.0834 e. The molecule has 2 saturated heterocycles. The van der Waals surface area contributed by atoms with E-state index >= 15 is 0 Å². The van der Waals surface area contributed by atoms with Crippen LogP contribution < -0.4 is 0 Å². The highest BCUT2D eigenvalue weighted by molar-refractivity contribution is 5.30. The Morgan fingerprint density at radius 2 is 1.67 bits per heavy atom. The lowest BCUT2D eigenvalue weighted by Crippen LogP contribution is -2.18. The molecule has 2 unspecified atom stereocenters. The maximum absolute atomic E-state index is 5.92. The van der Waals surface area contributed by atoms with Gasteiger partial charge in [0.1, 0.15) is 0 Å². The summed E-state index contributed by atoms with van der Waals surface area (Å²) in [5, 5.41) is 0. The van der Waals surface area contributed by atoms with Crippen molar-refractivity contribution in [3.63, 3.8) is 0 Å². The predicted molar refractivity (Wildman–Crippen MR) is 70.4 cm³/mol. The van der Waals surface area contributed by atoms with E-state index in [1.807, 2.05) is 6.07 Å². The second-order valence-electron chi connectivity index (χ2n) is 5.25. The maximum atomic E-state index is 5.92. The summed E-state index contributed by atoms with van der Waals surface area (Å²) >= 11 is 0. The van der Waals surface area contributed by atoms with Crippen LogP contribution in [-0.4, -0.2) is 13.2 Å². The number of hydrogen-bond acceptors (Lipinski definition) is 2. The van der Waals surface area contributed by atoms with Crippen LogP contribution in [0.3, 0.4) is 0 Å². The standard InChI is InChI=1S/C16H21O2/c1-2-8-14(16-10-4-6-12-18-16)13(7-1)15-9-3-5-11-17-15/h1-2,7,15-16H,3-6,9-12H2. The molecule has 2 fully saturated rings. The van der Waals surface area contributed by atoms with Gasteiger partial charge in [-0.1, -0.05) is 18.2 Å². The van der Waals surface area contributed by atoms with Crippen LogP contribution in [0.15, 0.2) is 18.2 Å². The van der Waals surface area contributed by atoms with Gasteiger partial charge in [-0.3, -0.25) is 0 Å². The lowest BCUT2D eigenvalue weighted by atomic mass is 9.91. The van der Waals surface area contributed by atoms with Gasteiger partial charge < -0.3 is 9.47 Å². The number of hydrogen-bond donors (Lipinski definition) is 0. The third-order valence-corrected chi connectivity index (χ3v) is 3.95. The zero-order valence-corrected chi connectivity index (χ0v) is 10.9. The van der Waals surface area contributed by atoms with Gasteiger partial charge in [0.05, 0.1) is 12.2 Å². The SMILES string of the molecule is [c]1cccc(C2CCCCO2)c1C1CCCCO1. The van der Waals surface area contributed by atoms with E-state index in [0.29, 0.717) is 0 Å². The summed E-state index contributed by atoms with van der Waals surface area (Å²) in [5.41, 5.74) is 2.55. The van der Waals surface area contributed by atoms with Gasteiger partial charge in [0.25, 0.3) is 0 Å². The molecule has 1 radical (unpaired) electrons. The molecule has 0 spiro atoms. The molecule has 2 nitrogen and oxygen atoms in total. The molecule has 0 amide bonds. The monoisotopic (exact) mass is 245 g/mol. The molecule has 3 rings (SSSR count). The summed E-state index contributed by atoms with van der Waals surface area (Å²) < 4.78 is 11.8. The van der Waals surface area contributed by atoms with Crippen molar-refractivity contribution in [3.8, 4) is 0 Å². The molecule has 1 aromatic carbocycles. The fraction of sp³-hybridized carbons (Fsp3) is 0.625. The molecule has 0 aromatic heterocycles. The minimum Gasteiger partial charge on any atom is -0.374 e. The summed E-state index contributed by atoms with van der Waals surface area (Å²) in [5.74, 6) is 0. The normalized spacial score (nSPS) is 29.1. The minimum absolute atomic E-state index is 0.237. The minimum atomic E-state index is 0.237. The van der Waals surface area contributed by atoms with Gasteiger partial charge in [-0.15, -0.1) is 0 Å². The first-order valence-corrected chi connectivity index (χ1v) is 7.19. The highest BCUT2D eigenvalue weighted by Gasteiger charge is 2.24. The van der Waals surface area contributed by atoms with E-state index in [-0.39, 0.29) is 12.2 Å². The van der Waals surface area contributed by atoms with Gasteiger partial charge in [-0.25, -0.2) is 0 Å². The Balaban J connectivity index is 1.83. The van der Waals surface area contributed by atoms with Crippen LogP contribution in [-0.2, 0) is 9.47 Å². The van der Waals surface area contributed by atoms with E-state index in [2.05, 4.69) is 18.2 Å². The fourth-order valence-corrected chi connectivity index (χ4v) is 2.98. The van der Waals surface area contributed by atoms with E-state index in [0.717, 1.165) is 26.1 Å². The summed E-state index contributed by atoms with van der Waals surface area (Å²) in [6.45, 7) is 1.78. The predicted octanol–water partition coefficient (Wildman–Crippen LogP) is 3.97. The van der Waals surface area contributed by atoms with E-state index in [1.54, 1.807) is 0 Å². The first-order valence-electron chi connectivity index (χ1n) is 7.19. The molecule has 18 heavy (non-hydrogen) atoms. The van der Waals surface area contributed by atoms with E-state index < -0.39 is 0 Å². The zero-order chi connectivity index (χ0) is 12.2. The van der Waals surface area contributed by atoms with Gasteiger partial charge in [0, 0.05) is 13.2 Å². The lowest BCUT2D eigenvalue weighted by Gasteiger charge is -2.29. The molecule has 0 aliphatic carbocycles. The van der Waals surface area contributed by atoms with Crippen LogP contribution in [0.2, 0.25) is 0 Å². The Kier molecular flexibility index (Phi) is 3.96. The molecule has 0 bridgehead atoms. The van der Waals surface area contributed by atoms with Crippen LogP contribution in [0, 0.1) is 6.07 Å². The van der Waals surface area contributed by atoms with E-state index in [4.69, 9.17) is 9.47 Å². The first kappa shape index (κ1) is 12.2. The van der Waals surface area contributed by atoms with Crippen molar-refractivity contribution in [2.75, 3.05) is 13.2 Å². The molecule has 0 saturated carbocycles. The molecule has 2 heterocycles. The molecule has 97 valence electrons. The van der Waals surface area contributed by atoms with Crippen molar-refractivity contribution in [2.45, 2.75) is 50.7 Å². The third-order valence-electron chi connectivity index (χ3n) is 3.95. The first-order chi connectivity index (χ1) is 8.95. The molecular formula is C16H21O2. The van der Waals surface area contributed by atoms with Crippen molar-refractivity contribution < 1.29 is 9.47 Å². The van der Waals surface area contributed by atoms with Gasteiger partial charge in [0.2, 0.25) is 0 Å². The second-order valence-corrected chi connectivity index (χ2v) is 5.25. The Morgan fingerprint density at radius 1 is 0.944 bits per heavy atom. The zero-order valence-electron chi connectivity index (χ0n) is 10.9. The van der Waals surface area contributed by atoms with E-state index in [9.17, 15) is 0 Å². The van der Waals surface area contributed by atoms with Crippen molar-refractivity contribution in [2.24, 2.45) is 0 Å². The molecule has 2 heteroatoms. The quantitative estimate of drug-likeness (QED) is 0.785. The average Bonchev–Trinajstić information content (AvgIpc) is 2.49. The molecule has 1 aromatic rings. The highest BCUT2D eigenvalue weighted by Crippen LogP contribution is 2.36. The summed E-state index contributed by atoms with van der Waals surface area (Å²) in [6.07, 6.45) is 7.68. The summed E-state index contributed by atoms with van der Waals surface area (Å²) in [7, 11) is 0. The number of ether oxygens (including phenoxy) is 2. The van der Waals surface area contributed by atoms with Crippen LogP contribution in [0.25, 0.3) is 0 Å². The largest absolute Gasteiger partial charge is 0.374 e. The van der Waals surface area contributed by atoms with Gasteiger partial charge in [-0.2, -0.15) is 0 Å². The fourth-order valence-electron chi connectivity index (χ4n) is 2.98. The van der Waals surface area contributed by atoms with Crippen molar-refractivity contribution in [1.29, 1.82) is 0 Å². The van der Waals surface area contributed by atoms with Gasteiger partial charge in [-0.05, 0) is 55.7 Å². The molecule has 2 aliphatic rings. The highest BCUT2D eigenvalue weighted by atomic mass is 16.5. The number of rotatable bonds is 2. The van der Waals surface area contributed by atoms with Crippen molar-refractivity contribution in [1.82, 2.24) is 0 Å². The van der Waals surface area contributed by atoms with Crippen molar-refractivity contribution >= 4 is 0 Å². The Bertz CT molecular complexity index is 339. The summed E-state index contributed by atoms with van der Waals surface area (Å²) in [6, 6.07) is 9.66. The topological polar surface area (TPSA) is 18.5 Å². The third kappa shape index (κ3) is 2.60. The van der Waals surface area contributed by atoms with Gasteiger partial charge >= 0.3 is 0 Å². The molecular weight excluding hydrogens is 224 g/mol. The lowest BCUT2D eigenvalue weighted by molar-refractivity contribution is -0.000652. The van der Waals surface area contributed by atoms with Crippen LogP contribution >= 0.6 is 0 Å². The molecule has 0 N–H and O–H groups in total. The average molecular weight is 245 g/mol. The number of benzene rings is 1. The Morgan fingerprint density at radius 3 is 2.33 bits per heavy atom.